The van der Waals surface area contributed by atoms with Crippen LogP contribution in [0.4, 0.5) is 0 Å². The summed E-state index contributed by atoms with van der Waals surface area (Å²) < 4.78 is 0. The summed E-state index contributed by atoms with van der Waals surface area (Å²) in [5, 5.41) is 1.05. The van der Waals surface area contributed by atoms with Gasteiger partial charge in [-0.05, 0) is 24.6 Å². The molecule has 0 N–H and O–H groups in total. The highest BCUT2D eigenvalue weighted by atomic mass is 28.2. The summed E-state index contributed by atoms with van der Waals surface area (Å²) in [5.74, 6) is 0. The molecule has 0 saturated carbocycles. The predicted molar refractivity (Wildman–Crippen MR) is 44.8 cm³/mol. The van der Waals surface area contributed by atoms with Crippen molar-refractivity contribution in [1.82, 2.24) is 0 Å². The monoisotopic (exact) mass is 151 g/mol. The first-order valence-electron chi connectivity index (χ1n) is 3.38. The summed E-state index contributed by atoms with van der Waals surface area (Å²) in [5.41, 5.74) is 2.41. The summed E-state index contributed by atoms with van der Waals surface area (Å²) in [4.78, 5) is 10.6. The van der Waals surface area contributed by atoms with E-state index >= 15 is 0 Å². The van der Waals surface area contributed by atoms with Crippen molar-refractivity contribution < 1.29 is 4.80 Å². The molecule has 0 aromatic heterocycles. The van der Waals surface area contributed by atoms with Gasteiger partial charge in [-0.25, -0.2) is 0 Å². The molecule has 0 atom stereocenters. The van der Waals surface area contributed by atoms with E-state index in [1.807, 2.05) is 26.0 Å². The fraction of sp³-hybridized carbons (Fsp3) is 0.250. The first-order chi connectivity index (χ1) is 4.74. The summed E-state index contributed by atoms with van der Waals surface area (Å²) in [7, 11) is -1.20. The van der Waals surface area contributed by atoms with Gasteiger partial charge in [0.15, 0.2) is 0 Å². The van der Waals surface area contributed by atoms with Gasteiger partial charge in [-0.15, -0.1) is 0 Å². The second kappa shape index (κ2) is 2.99. The standard InChI is InChI=1S/C8H11OSi/c1-6-3-4-8(10-9)7(2)5-6/h3-5H,10H2,1-2H3. The number of hydrogen-bond acceptors (Lipinski definition) is 0. The Morgan fingerprint density at radius 1 is 1.30 bits per heavy atom. The van der Waals surface area contributed by atoms with Crippen LogP contribution >= 0.6 is 0 Å². The third-order valence-corrected chi connectivity index (χ3v) is 2.76. The van der Waals surface area contributed by atoms with Gasteiger partial charge < -0.3 is 4.80 Å². The Bertz CT molecular complexity index is 233. The van der Waals surface area contributed by atoms with E-state index in [0.717, 1.165) is 5.19 Å². The largest absolute Gasteiger partial charge is 0.300 e. The molecule has 10 heavy (non-hydrogen) atoms. The maximum Gasteiger partial charge on any atom is 0.238 e. The molecule has 0 fully saturated rings. The fourth-order valence-electron chi connectivity index (χ4n) is 1.01. The maximum atomic E-state index is 10.6. The zero-order chi connectivity index (χ0) is 7.56. The summed E-state index contributed by atoms with van der Waals surface area (Å²) >= 11 is 0. The molecular formula is C8H11OSi. The normalized spacial score (nSPS) is 11.1. The molecule has 1 nitrogen and oxygen atoms in total. The molecule has 0 aliphatic heterocycles. The topological polar surface area (TPSA) is 19.9 Å². The lowest BCUT2D eigenvalue weighted by Gasteiger charge is -2.00. The highest BCUT2D eigenvalue weighted by Crippen LogP contribution is 1.98. The van der Waals surface area contributed by atoms with E-state index in [-0.39, 0.29) is 0 Å². The molecule has 0 unspecified atom stereocenters. The first-order valence-corrected chi connectivity index (χ1v) is 4.66. The van der Waals surface area contributed by atoms with Gasteiger partial charge in [-0.3, -0.25) is 0 Å². The molecule has 0 aliphatic carbocycles. The van der Waals surface area contributed by atoms with Gasteiger partial charge in [0.1, 0.15) is 0 Å². The van der Waals surface area contributed by atoms with E-state index < -0.39 is 9.76 Å². The number of aryl methyl sites for hydroxylation is 2. The molecule has 0 heterocycles. The molecule has 0 bridgehead atoms. The van der Waals surface area contributed by atoms with E-state index in [1.165, 1.54) is 11.1 Å². The zero-order valence-electron chi connectivity index (χ0n) is 6.35. The lowest BCUT2D eigenvalue weighted by atomic mass is 10.2. The average Bonchev–Trinajstić information content (AvgIpc) is 1.88. The van der Waals surface area contributed by atoms with Gasteiger partial charge in [0, 0.05) is 0 Å². The Balaban J connectivity index is 3.07. The van der Waals surface area contributed by atoms with Crippen LogP contribution in [0.2, 0.25) is 0 Å². The van der Waals surface area contributed by atoms with Gasteiger partial charge in [0.2, 0.25) is 9.76 Å². The Labute approximate surface area is 63.7 Å². The van der Waals surface area contributed by atoms with Crippen molar-refractivity contribution in [2.45, 2.75) is 13.8 Å². The van der Waals surface area contributed by atoms with E-state index in [2.05, 4.69) is 6.07 Å². The van der Waals surface area contributed by atoms with Crippen LogP contribution in [0.1, 0.15) is 11.1 Å². The number of hydrogen-bond donors (Lipinski definition) is 0. The number of rotatable bonds is 1. The molecule has 53 valence electrons. The Hall–Kier alpha value is -0.603. The van der Waals surface area contributed by atoms with Crippen molar-refractivity contribution in [2.24, 2.45) is 0 Å². The van der Waals surface area contributed by atoms with Gasteiger partial charge in [-0.1, -0.05) is 23.8 Å². The van der Waals surface area contributed by atoms with Crippen LogP contribution in [0.3, 0.4) is 0 Å². The smallest absolute Gasteiger partial charge is 0.238 e. The molecule has 1 radical (unpaired) electrons. The summed E-state index contributed by atoms with van der Waals surface area (Å²) in [6.07, 6.45) is 0. The van der Waals surface area contributed by atoms with E-state index in [0.29, 0.717) is 0 Å². The average molecular weight is 151 g/mol. The Morgan fingerprint density at radius 2 is 2.00 bits per heavy atom. The van der Waals surface area contributed by atoms with Gasteiger partial charge in [0.05, 0.1) is 0 Å². The molecular weight excluding hydrogens is 140 g/mol. The van der Waals surface area contributed by atoms with Crippen molar-refractivity contribution in [2.75, 3.05) is 0 Å². The molecule has 0 saturated heterocycles. The van der Waals surface area contributed by atoms with Crippen molar-refractivity contribution in [1.29, 1.82) is 0 Å². The van der Waals surface area contributed by atoms with Gasteiger partial charge in [0.25, 0.3) is 0 Å². The SMILES string of the molecule is Cc1ccc([SiH2][O])c(C)c1. The van der Waals surface area contributed by atoms with Crippen molar-refractivity contribution >= 4 is 14.9 Å². The number of benzene rings is 1. The van der Waals surface area contributed by atoms with E-state index in [4.69, 9.17) is 0 Å². The van der Waals surface area contributed by atoms with E-state index in [1.54, 1.807) is 0 Å². The fourth-order valence-corrected chi connectivity index (χ4v) is 1.55. The van der Waals surface area contributed by atoms with Crippen LogP contribution in [-0.2, 0) is 4.80 Å². The van der Waals surface area contributed by atoms with Crippen LogP contribution < -0.4 is 5.19 Å². The first kappa shape index (κ1) is 7.50. The minimum absolute atomic E-state index is 1.05. The summed E-state index contributed by atoms with van der Waals surface area (Å²) in [6, 6.07) is 6.04. The molecule has 0 aliphatic rings. The zero-order valence-corrected chi connectivity index (χ0v) is 7.76. The van der Waals surface area contributed by atoms with Crippen molar-refractivity contribution in [3.05, 3.63) is 29.3 Å². The lowest BCUT2D eigenvalue weighted by molar-refractivity contribution is 0.484. The second-order valence-electron chi connectivity index (χ2n) is 2.57. The third-order valence-electron chi connectivity index (χ3n) is 1.65. The van der Waals surface area contributed by atoms with Gasteiger partial charge in [-0.2, -0.15) is 0 Å². The maximum absolute atomic E-state index is 10.6. The lowest BCUT2D eigenvalue weighted by Crippen LogP contribution is -2.15. The van der Waals surface area contributed by atoms with Crippen molar-refractivity contribution in [3.8, 4) is 0 Å². The summed E-state index contributed by atoms with van der Waals surface area (Å²) in [6.45, 7) is 4.05. The van der Waals surface area contributed by atoms with Crippen LogP contribution in [-0.4, -0.2) is 9.76 Å². The minimum Gasteiger partial charge on any atom is -0.300 e. The minimum atomic E-state index is -1.20. The van der Waals surface area contributed by atoms with Crippen LogP contribution in [0.15, 0.2) is 18.2 Å². The van der Waals surface area contributed by atoms with Crippen LogP contribution in [0, 0.1) is 13.8 Å². The van der Waals surface area contributed by atoms with Gasteiger partial charge >= 0.3 is 0 Å². The molecule has 0 spiro atoms. The Morgan fingerprint density at radius 3 is 2.50 bits per heavy atom. The molecule has 1 aromatic carbocycles. The molecule has 2 heteroatoms. The van der Waals surface area contributed by atoms with Crippen LogP contribution in [0.25, 0.3) is 0 Å². The highest BCUT2D eigenvalue weighted by Gasteiger charge is 1.96. The molecule has 1 rings (SSSR count). The molecule has 0 amide bonds. The second-order valence-corrected chi connectivity index (χ2v) is 3.62. The van der Waals surface area contributed by atoms with E-state index in [9.17, 15) is 4.80 Å². The third kappa shape index (κ3) is 1.46. The molecule has 1 aromatic rings. The Kier molecular flexibility index (Phi) is 2.24. The predicted octanol–water partition coefficient (Wildman–Crippen LogP) is 0.443. The van der Waals surface area contributed by atoms with Crippen molar-refractivity contribution in [3.63, 3.8) is 0 Å². The highest BCUT2D eigenvalue weighted by molar-refractivity contribution is 6.45. The quantitative estimate of drug-likeness (QED) is 0.519. The van der Waals surface area contributed by atoms with Crippen LogP contribution in [0.5, 0.6) is 0 Å².